The van der Waals surface area contributed by atoms with Crippen molar-refractivity contribution < 1.29 is 101 Å². The molecule has 0 aliphatic carbocycles. The van der Waals surface area contributed by atoms with Crippen LogP contribution in [0.2, 0.25) is 0 Å². The zero-order chi connectivity index (χ0) is 12.7. The molecule has 16 heavy (non-hydrogen) atoms. The molecule has 0 fully saturated rings. The molecule has 15 heteroatoms. The van der Waals surface area contributed by atoms with Crippen LogP contribution in [-0.2, 0) is 13.7 Å². The molecule has 0 atom stereocenters. The Morgan fingerprint density at radius 3 is 1.00 bits per heavy atom. The molecular weight excluding hydrogens is 318 g/mol. The Labute approximate surface area is 133 Å². The van der Waals surface area contributed by atoms with Crippen LogP contribution in [0.15, 0.2) is 0 Å². The Hall–Kier alpha value is 2.01. The van der Waals surface area contributed by atoms with E-state index in [4.69, 9.17) is 34.6 Å². The van der Waals surface area contributed by atoms with Crippen molar-refractivity contribution in [2.45, 2.75) is 4.76 Å². The molecule has 0 aliphatic rings. The van der Waals surface area contributed by atoms with Crippen LogP contribution >= 0.6 is 22.8 Å². The van der Waals surface area contributed by atoms with Gasteiger partial charge in [-0.05, 0) is 0 Å². The van der Waals surface area contributed by atoms with Crippen molar-refractivity contribution in [3.05, 3.63) is 0 Å². The summed E-state index contributed by atoms with van der Waals surface area (Å²) in [5, 5.41) is 8.26. The summed E-state index contributed by atoms with van der Waals surface area (Å²) in [6, 6.07) is 0. The minimum absolute atomic E-state index is 0. The molecule has 11 nitrogen and oxygen atoms in total. The predicted octanol–water partition coefficient (Wildman–Crippen LogP) is -4.77. The van der Waals surface area contributed by atoms with E-state index in [1.807, 2.05) is 0 Å². The summed E-state index contributed by atoms with van der Waals surface area (Å²) in [5.41, 5.74) is 0.346. The van der Waals surface area contributed by atoms with Crippen LogP contribution < -0.4 is 56.9 Å². The Bertz CT molecular complexity index is 324. The van der Waals surface area contributed by atoms with Gasteiger partial charge in [0.05, 0.1) is 0 Å². The van der Waals surface area contributed by atoms with Gasteiger partial charge in [0.15, 0.2) is 0 Å². The smallest absolute Gasteiger partial charge is 1.00 e. The van der Waals surface area contributed by atoms with Gasteiger partial charge >= 0.3 is 78.9 Å². The third kappa shape index (κ3) is 3.52. The summed E-state index contributed by atoms with van der Waals surface area (Å²) >= 11 is 0. The third-order valence-corrected chi connectivity index (χ3v) is 8.80. The van der Waals surface area contributed by atoms with Crippen LogP contribution in [0.3, 0.4) is 0 Å². The Balaban J connectivity index is -0.000000980. The molecule has 94 valence electrons. The number of hydroxylamine groups is 1. The van der Waals surface area contributed by atoms with Gasteiger partial charge in [-0.2, -0.15) is 5.48 Å². The minimum Gasteiger partial charge on any atom is -1.00 e. The summed E-state index contributed by atoms with van der Waals surface area (Å²) in [4.78, 5) is 51.0. The van der Waals surface area contributed by atoms with Crippen LogP contribution in [0.1, 0.15) is 1.43 Å². The maximum absolute atomic E-state index is 10.7. The summed E-state index contributed by atoms with van der Waals surface area (Å²) in [6.45, 7) is 0. The fourth-order valence-electron chi connectivity index (χ4n) is 0.704. The third-order valence-electron chi connectivity index (χ3n) is 1.37. The monoisotopic (exact) mass is 327 g/mol. The van der Waals surface area contributed by atoms with Crippen molar-refractivity contribution in [1.82, 2.24) is 5.48 Å². The number of rotatable bonds is 4. The molecule has 0 bridgehead atoms. The molecular formula is CH9KNO10P3. The van der Waals surface area contributed by atoms with Gasteiger partial charge in [-0.15, -0.1) is 0 Å². The summed E-state index contributed by atoms with van der Waals surface area (Å²) in [6.07, 6.45) is 0. The van der Waals surface area contributed by atoms with Crippen LogP contribution in [0, 0.1) is 0 Å². The largest absolute Gasteiger partial charge is 1.00 e. The van der Waals surface area contributed by atoms with Gasteiger partial charge in [0.2, 0.25) is 0 Å². The first-order valence-electron chi connectivity index (χ1n) is 2.89. The molecule has 0 saturated carbocycles. The average Bonchev–Trinajstić information content (AvgIpc) is 1.76. The fraction of sp³-hybridized carbons (Fsp3) is 1.00. The number of hydrogen-bond acceptors (Lipinski definition) is 5. The van der Waals surface area contributed by atoms with Crippen molar-refractivity contribution in [1.29, 1.82) is 0 Å². The predicted molar refractivity (Wildman–Crippen MR) is 44.9 cm³/mol. The van der Waals surface area contributed by atoms with Crippen molar-refractivity contribution in [2.75, 3.05) is 0 Å². The Morgan fingerprint density at radius 1 is 0.812 bits per heavy atom. The van der Waals surface area contributed by atoms with E-state index < -0.39 is 27.5 Å². The maximum Gasteiger partial charge on any atom is 1.00 e. The number of nitrogens with one attached hydrogen (secondary N) is 1. The van der Waals surface area contributed by atoms with Gasteiger partial charge in [-0.25, -0.2) is 0 Å². The molecule has 0 amide bonds. The van der Waals surface area contributed by atoms with E-state index in [1.54, 1.807) is 0 Å². The molecule has 0 aromatic rings. The summed E-state index contributed by atoms with van der Waals surface area (Å²) < 4.78 is 27.7. The molecule has 0 rings (SSSR count). The molecule has 0 aromatic carbocycles. The first kappa shape index (κ1) is 20.3. The molecule has 0 heterocycles. The van der Waals surface area contributed by atoms with E-state index in [1.165, 1.54) is 0 Å². The van der Waals surface area contributed by atoms with E-state index in [-0.39, 0.29) is 52.8 Å². The van der Waals surface area contributed by atoms with Gasteiger partial charge < -0.3 is 36.0 Å². The van der Waals surface area contributed by atoms with E-state index in [0.717, 1.165) is 0 Å². The van der Waals surface area contributed by atoms with Gasteiger partial charge in [-0.3, -0.25) is 13.7 Å². The molecule has 8 N–H and O–H groups in total. The van der Waals surface area contributed by atoms with Gasteiger partial charge in [0, 0.05) is 0 Å². The SMILES string of the molecule is O=P(O)(O)C(NO)(P(=O)(O)O)P(=O)(O)O.[H-].[K+]. The fourth-order valence-corrected chi connectivity index (χ4v) is 5.17. The van der Waals surface area contributed by atoms with Crippen LogP contribution in [-0.4, -0.2) is 39.3 Å². The van der Waals surface area contributed by atoms with Gasteiger partial charge in [0.1, 0.15) is 0 Å². The average molecular weight is 327 g/mol. The molecule has 0 unspecified atom stereocenters. The maximum atomic E-state index is 10.7. The molecule has 0 aliphatic heterocycles. The first-order valence-corrected chi connectivity index (χ1v) is 7.73. The second-order valence-electron chi connectivity index (χ2n) is 2.38. The van der Waals surface area contributed by atoms with Crippen molar-refractivity contribution in [3.63, 3.8) is 0 Å². The van der Waals surface area contributed by atoms with E-state index >= 15 is 0 Å². The zero-order valence-corrected chi connectivity index (χ0v) is 13.5. The van der Waals surface area contributed by atoms with Crippen molar-refractivity contribution in [3.8, 4) is 0 Å². The van der Waals surface area contributed by atoms with Crippen LogP contribution in [0.5, 0.6) is 0 Å². The molecule has 0 radical (unpaired) electrons. The summed E-state index contributed by atoms with van der Waals surface area (Å²) in [7, 11) is -18.1. The first-order chi connectivity index (χ1) is 6.31. The molecule has 0 aromatic heterocycles. The van der Waals surface area contributed by atoms with Crippen LogP contribution in [0.25, 0.3) is 0 Å². The normalized spacial score (nSPS) is 14.4. The van der Waals surface area contributed by atoms with Crippen LogP contribution in [0.4, 0.5) is 0 Å². The Kier molecular flexibility index (Phi) is 7.59. The quantitative estimate of drug-likeness (QED) is 0.140. The Morgan fingerprint density at radius 2 is 1.00 bits per heavy atom. The second-order valence-corrected chi connectivity index (χ2v) is 8.71. The van der Waals surface area contributed by atoms with Crippen molar-refractivity contribution in [2.24, 2.45) is 0 Å². The molecule has 0 spiro atoms. The topological polar surface area (TPSA) is 205 Å². The van der Waals surface area contributed by atoms with E-state index in [0.29, 0.717) is 5.48 Å². The van der Waals surface area contributed by atoms with Gasteiger partial charge in [0.25, 0.3) is 0 Å². The van der Waals surface area contributed by atoms with E-state index in [9.17, 15) is 13.7 Å². The van der Waals surface area contributed by atoms with E-state index in [2.05, 4.69) is 0 Å². The van der Waals surface area contributed by atoms with Crippen molar-refractivity contribution >= 4 is 22.8 Å². The molecule has 0 saturated heterocycles. The van der Waals surface area contributed by atoms with Gasteiger partial charge in [-0.1, -0.05) is 0 Å². The summed E-state index contributed by atoms with van der Waals surface area (Å²) in [5.74, 6) is 0. The zero-order valence-electron chi connectivity index (χ0n) is 8.70. The minimum atomic E-state index is -6.04. The standard InChI is InChI=1S/CH8NO10P3.K.H/c3-2-1(13(4,5)6,14(7,8)9)15(10,11)12;;/h2-3H,(H2,4,5,6)(H2,7,8,9)(H2,10,11,12);;/q;+1;-1. The number of hydrogen-bond donors (Lipinski definition) is 8. The second kappa shape index (κ2) is 5.97.